The molecule has 3 aromatic heterocycles. The lowest BCUT2D eigenvalue weighted by molar-refractivity contribution is 0.102. The number of nitrogens with one attached hydrogen (secondary N) is 2. The molecule has 4 aromatic rings. The van der Waals surface area contributed by atoms with Gasteiger partial charge in [0, 0.05) is 29.5 Å². The molecule has 0 bridgehead atoms. The van der Waals surface area contributed by atoms with Gasteiger partial charge in [0.2, 0.25) is 0 Å². The predicted molar refractivity (Wildman–Crippen MR) is 101 cm³/mol. The summed E-state index contributed by atoms with van der Waals surface area (Å²) in [5, 5.41) is 10.5. The summed E-state index contributed by atoms with van der Waals surface area (Å²) in [6.07, 6.45) is 4.97. The van der Waals surface area contributed by atoms with E-state index >= 15 is 0 Å². The average molecular weight is 344 g/mol. The minimum atomic E-state index is -0.322. The molecule has 3 heterocycles. The number of benzene rings is 1. The number of aryl methyl sites for hydroxylation is 1. The summed E-state index contributed by atoms with van der Waals surface area (Å²) in [5.41, 5.74) is 10.3. The van der Waals surface area contributed by atoms with E-state index in [2.05, 4.69) is 25.5 Å². The van der Waals surface area contributed by atoms with Crippen LogP contribution >= 0.6 is 0 Å². The average Bonchev–Trinajstić information content (AvgIpc) is 3.05. The number of carbonyl (C=O) groups is 1. The van der Waals surface area contributed by atoms with Gasteiger partial charge in [0.05, 0.1) is 11.2 Å². The first kappa shape index (κ1) is 15.8. The van der Waals surface area contributed by atoms with Gasteiger partial charge in [-0.25, -0.2) is 4.98 Å². The maximum absolute atomic E-state index is 12.6. The Morgan fingerprint density at radius 3 is 2.81 bits per heavy atom. The van der Waals surface area contributed by atoms with Gasteiger partial charge in [-0.2, -0.15) is 5.10 Å². The van der Waals surface area contributed by atoms with Crippen molar-refractivity contribution in [3.05, 3.63) is 66.2 Å². The maximum atomic E-state index is 12.6. The molecule has 0 aliphatic heterocycles. The van der Waals surface area contributed by atoms with Gasteiger partial charge in [-0.05, 0) is 48.4 Å². The number of carbonyl (C=O) groups excluding carboxylic acids is 1. The summed E-state index contributed by atoms with van der Waals surface area (Å²) >= 11 is 0. The smallest absolute Gasteiger partial charge is 0.277 e. The highest BCUT2D eigenvalue weighted by atomic mass is 16.2. The number of aromatic amines is 1. The number of aromatic nitrogens is 4. The van der Waals surface area contributed by atoms with Crippen molar-refractivity contribution in [2.75, 3.05) is 11.1 Å². The van der Waals surface area contributed by atoms with Gasteiger partial charge in [-0.15, -0.1) is 0 Å². The highest BCUT2D eigenvalue weighted by Gasteiger charge is 2.16. The molecule has 1 aromatic carbocycles. The first-order valence-corrected chi connectivity index (χ1v) is 8.03. The molecule has 0 spiro atoms. The standard InChI is InChI=1S/C19H16N6O/c1-11-4-5-22-17(6-11)23-19(26)18-15-8-12(2-3-16(15)24-25-18)13-7-14(20)10-21-9-13/h2-10H,20H2,1H3,(H,24,25)(H,22,23,26). The van der Waals surface area contributed by atoms with E-state index in [1.165, 1.54) is 0 Å². The lowest BCUT2D eigenvalue weighted by Gasteiger charge is -2.05. The Kier molecular flexibility index (Phi) is 3.81. The second-order valence-corrected chi connectivity index (χ2v) is 6.01. The molecule has 0 saturated carbocycles. The quantitative estimate of drug-likeness (QED) is 0.529. The van der Waals surface area contributed by atoms with Crippen LogP contribution < -0.4 is 11.1 Å². The van der Waals surface area contributed by atoms with Crippen molar-refractivity contribution < 1.29 is 4.79 Å². The van der Waals surface area contributed by atoms with Crippen LogP contribution in [0.25, 0.3) is 22.0 Å². The van der Waals surface area contributed by atoms with Crippen LogP contribution in [0.2, 0.25) is 0 Å². The molecule has 1 amide bonds. The summed E-state index contributed by atoms with van der Waals surface area (Å²) in [4.78, 5) is 20.9. The van der Waals surface area contributed by atoms with Crippen LogP contribution in [-0.4, -0.2) is 26.1 Å². The van der Waals surface area contributed by atoms with Crippen molar-refractivity contribution in [1.29, 1.82) is 0 Å². The van der Waals surface area contributed by atoms with Gasteiger partial charge < -0.3 is 11.1 Å². The molecular formula is C19H16N6O. The third kappa shape index (κ3) is 2.98. The van der Waals surface area contributed by atoms with Gasteiger partial charge >= 0.3 is 0 Å². The van der Waals surface area contributed by atoms with E-state index in [1.807, 2.05) is 37.3 Å². The molecule has 7 nitrogen and oxygen atoms in total. The number of amides is 1. The molecule has 26 heavy (non-hydrogen) atoms. The van der Waals surface area contributed by atoms with Crippen LogP contribution in [0.3, 0.4) is 0 Å². The molecule has 128 valence electrons. The van der Waals surface area contributed by atoms with Crippen LogP contribution in [0, 0.1) is 6.92 Å². The second-order valence-electron chi connectivity index (χ2n) is 6.01. The summed E-state index contributed by atoms with van der Waals surface area (Å²) in [6, 6.07) is 11.2. The Morgan fingerprint density at radius 1 is 1.12 bits per heavy atom. The third-order valence-corrected chi connectivity index (χ3v) is 4.03. The highest BCUT2D eigenvalue weighted by Crippen LogP contribution is 2.26. The van der Waals surface area contributed by atoms with Crippen molar-refractivity contribution >= 4 is 28.3 Å². The number of fused-ring (bicyclic) bond motifs is 1. The van der Waals surface area contributed by atoms with E-state index in [1.54, 1.807) is 24.7 Å². The van der Waals surface area contributed by atoms with E-state index in [9.17, 15) is 4.79 Å². The van der Waals surface area contributed by atoms with Gasteiger partial charge in [0.25, 0.3) is 5.91 Å². The Labute approximate surface area is 149 Å². The number of H-pyrrole nitrogens is 1. The van der Waals surface area contributed by atoms with Gasteiger partial charge in [0.15, 0.2) is 5.69 Å². The highest BCUT2D eigenvalue weighted by molar-refractivity contribution is 6.11. The maximum Gasteiger partial charge on any atom is 0.277 e. The van der Waals surface area contributed by atoms with Crippen molar-refractivity contribution in [1.82, 2.24) is 20.2 Å². The number of rotatable bonds is 3. The normalized spacial score (nSPS) is 10.8. The van der Waals surface area contributed by atoms with Crippen LogP contribution in [0.4, 0.5) is 11.5 Å². The van der Waals surface area contributed by atoms with Gasteiger partial charge in [-0.3, -0.25) is 14.9 Å². The summed E-state index contributed by atoms with van der Waals surface area (Å²) in [7, 11) is 0. The third-order valence-electron chi connectivity index (χ3n) is 4.03. The fourth-order valence-corrected chi connectivity index (χ4v) is 2.76. The minimum Gasteiger partial charge on any atom is -0.397 e. The molecule has 0 aliphatic rings. The first-order valence-electron chi connectivity index (χ1n) is 8.03. The van der Waals surface area contributed by atoms with E-state index in [0.29, 0.717) is 17.2 Å². The Balaban J connectivity index is 1.71. The number of hydrogen-bond acceptors (Lipinski definition) is 5. The molecular weight excluding hydrogens is 328 g/mol. The Bertz CT molecular complexity index is 1120. The fourth-order valence-electron chi connectivity index (χ4n) is 2.76. The van der Waals surface area contributed by atoms with E-state index in [-0.39, 0.29) is 5.91 Å². The van der Waals surface area contributed by atoms with Crippen LogP contribution in [-0.2, 0) is 0 Å². The largest absolute Gasteiger partial charge is 0.397 e. The monoisotopic (exact) mass is 344 g/mol. The Hall–Kier alpha value is -3.74. The van der Waals surface area contributed by atoms with Crippen molar-refractivity contribution in [3.8, 4) is 11.1 Å². The van der Waals surface area contributed by atoms with Gasteiger partial charge in [0.1, 0.15) is 5.82 Å². The molecule has 4 N–H and O–H groups in total. The van der Waals surface area contributed by atoms with E-state index in [0.717, 1.165) is 27.6 Å². The van der Waals surface area contributed by atoms with Crippen molar-refractivity contribution in [3.63, 3.8) is 0 Å². The summed E-state index contributed by atoms with van der Waals surface area (Å²) < 4.78 is 0. The molecule has 0 saturated heterocycles. The minimum absolute atomic E-state index is 0.307. The predicted octanol–water partition coefficient (Wildman–Crippen LogP) is 3.16. The van der Waals surface area contributed by atoms with E-state index < -0.39 is 0 Å². The van der Waals surface area contributed by atoms with Crippen molar-refractivity contribution in [2.45, 2.75) is 6.92 Å². The Morgan fingerprint density at radius 2 is 2.00 bits per heavy atom. The fraction of sp³-hybridized carbons (Fsp3) is 0.0526. The SMILES string of the molecule is Cc1ccnc(NC(=O)c2n[nH]c3ccc(-c4cncc(N)c4)cc23)c1. The molecule has 7 heteroatoms. The molecule has 0 radical (unpaired) electrons. The zero-order valence-corrected chi connectivity index (χ0v) is 14.0. The number of pyridine rings is 2. The molecule has 0 aliphatic carbocycles. The molecule has 0 fully saturated rings. The van der Waals surface area contributed by atoms with Crippen molar-refractivity contribution in [2.24, 2.45) is 0 Å². The molecule has 4 rings (SSSR count). The number of anilines is 2. The number of nitrogens with two attached hydrogens (primary N) is 1. The van der Waals surface area contributed by atoms with Crippen LogP contribution in [0.5, 0.6) is 0 Å². The zero-order valence-electron chi connectivity index (χ0n) is 14.0. The van der Waals surface area contributed by atoms with Crippen LogP contribution in [0.15, 0.2) is 55.0 Å². The number of nitrogens with zero attached hydrogens (tertiary/aromatic N) is 3. The van der Waals surface area contributed by atoms with E-state index in [4.69, 9.17) is 5.73 Å². The molecule has 0 unspecified atom stereocenters. The number of nitrogen functional groups attached to an aromatic ring is 1. The summed E-state index contributed by atoms with van der Waals surface area (Å²) in [5.74, 6) is 0.166. The lowest BCUT2D eigenvalue weighted by atomic mass is 10.0. The summed E-state index contributed by atoms with van der Waals surface area (Å²) in [6.45, 7) is 1.94. The van der Waals surface area contributed by atoms with Crippen LogP contribution in [0.1, 0.15) is 16.1 Å². The van der Waals surface area contributed by atoms with Gasteiger partial charge in [-0.1, -0.05) is 6.07 Å². The molecule has 0 atom stereocenters. The second kappa shape index (κ2) is 6.29. The number of hydrogen-bond donors (Lipinski definition) is 3. The first-order chi connectivity index (χ1) is 12.6. The topological polar surface area (TPSA) is 110 Å². The lowest BCUT2D eigenvalue weighted by Crippen LogP contribution is -2.13. The zero-order chi connectivity index (χ0) is 18.1.